The average Bonchev–Trinajstić information content (AvgIpc) is 1.82. The van der Waals surface area contributed by atoms with E-state index in [1.165, 1.54) is 12.2 Å². The van der Waals surface area contributed by atoms with E-state index in [0.717, 1.165) is 0 Å². The number of aliphatic carboxylic acids is 1. The Morgan fingerprint density at radius 2 is 2.50 bits per heavy atom. The fourth-order valence-corrected chi connectivity index (χ4v) is 0.249. The molecule has 0 saturated heterocycles. The summed E-state index contributed by atoms with van der Waals surface area (Å²) in [6.07, 6.45) is 0.909. The highest BCUT2D eigenvalue weighted by atomic mass is 16.4. The van der Waals surface area contributed by atoms with Crippen molar-refractivity contribution in [3.05, 3.63) is 12.2 Å². The lowest BCUT2D eigenvalue weighted by molar-refractivity contribution is -0.136. The minimum atomic E-state index is -1.23. The summed E-state index contributed by atoms with van der Waals surface area (Å²) in [5.41, 5.74) is 0. The standard InChI is InChI=1S/C6H10O2/c1-2-3-4-5-6(7)8/h3-4H,2,5H2,1H3,(H,7,8)/b4-3+/i2D,5D. The largest absolute Gasteiger partial charge is 0.481 e. The van der Waals surface area contributed by atoms with Gasteiger partial charge in [0.2, 0.25) is 0 Å². The molecule has 0 aromatic carbocycles. The van der Waals surface area contributed by atoms with Gasteiger partial charge in [-0.25, -0.2) is 0 Å². The molecule has 2 heteroatoms. The van der Waals surface area contributed by atoms with Crippen LogP contribution in [0.3, 0.4) is 0 Å². The zero-order chi connectivity index (χ0) is 8.15. The molecule has 1 N–H and O–H groups in total. The van der Waals surface area contributed by atoms with E-state index < -0.39 is 18.8 Å². The molecule has 0 amide bonds. The van der Waals surface area contributed by atoms with Crippen LogP contribution >= 0.6 is 0 Å². The summed E-state index contributed by atoms with van der Waals surface area (Å²) in [5.74, 6) is -1.18. The van der Waals surface area contributed by atoms with Gasteiger partial charge in [-0.3, -0.25) is 4.79 Å². The molecule has 2 atom stereocenters. The summed E-state index contributed by atoms with van der Waals surface area (Å²) < 4.78 is 13.8. The Hall–Kier alpha value is -0.790. The van der Waals surface area contributed by atoms with Crippen molar-refractivity contribution in [2.45, 2.75) is 19.7 Å². The van der Waals surface area contributed by atoms with Crippen LogP contribution in [-0.4, -0.2) is 11.1 Å². The van der Waals surface area contributed by atoms with Gasteiger partial charge in [-0.05, 0) is 6.40 Å². The van der Waals surface area contributed by atoms with Crippen LogP contribution in [0.5, 0.6) is 0 Å². The smallest absolute Gasteiger partial charge is 0.307 e. The molecule has 0 heterocycles. The van der Waals surface area contributed by atoms with E-state index in [2.05, 4.69) is 0 Å². The zero-order valence-electron chi connectivity index (χ0n) is 6.66. The molecule has 0 radical (unpaired) electrons. The Morgan fingerprint density at radius 1 is 1.88 bits per heavy atom. The third kappa shape index (κ3) is 5.21. The van der Waals surface area contributed by atoms with Gasteiger partial charge in [0.15, 0.2) is 0 Å². The van der Waals surface area contributed by atoms with Crippen molar-refractivity contribution in [2.24, 2.45) is 0 Å². The summed E-state index contributed by atoms with van der Waals surface area (Å²) in [5, 5.41) is 8.19. The van der Waals surface area contributed by atoms with Gasteiger partial charge in [-0.15, -0.1) is 0 Å². The van der Waals surface area contributed by atoms with Crippen molar-refractivity contribution in [1.82, 2.24) is 0 Å². The molecule has 0 spiro atoms. The molecular weight excluding hydrogens is 104 g/mol. The number of hydrogen-bond acceptors (Lipinski definition) is 1. The first-order valence-corrected chi connectivity index (χ1v) is 2.29. The van der Waals surface area contributed by atoms with Gasteiger partial charge in [-0.1, -0.05) is 19.1 Å². The maximum absolute atomic E-state index is 10.0. The predicted molar refractivity (Wildman–Crippen MR) is 31.7 cm³/mol. The summed E-state index contributed by atoms with van der Waals surface area (Å²) >= 11 is 0. The molecule has 8 heavy (non-hydrogen) atoms. The molecule has 0 saturated carbocycles. The highest BCUT2D eigenvalue weighted by Crippen LogP contribution is 1.84. The molecular formula is C6H10O2. The van der Waals surface area contributed by atoms with Crippen molar-refractivity contribution >= 4 is 5.97 Å². The van der Waals surface area contributed by atoms with Crippen molar-refractivity contribution in [3.8, 4) is 0 Å². The second kappa shape index (κ2) is 4.37. The number of carbonyl (C=O) groups is 1. The molecule has 0 fully saturated rings. The van der Waals surface area contributed by atoms with Crippen LogP contribution in [0, 0.1) is 0 Å². The Kier molecular flexibility index (Phi) is 2.25. The fourth-order valence-electron chi connectivity index (χ4n) is 0.249. The van der Waals surface area contributed by atoms with Crippen LogP contribution in [0.4, 0.5) is 0 Å². The molecule has 0 bridgehead atoms. The van der Waals surface area contributed by atoms with E-state index in [1.54, 1.807) is 6.92 Å². The van der Waals surface area contributed by atoms with Gasteiger partial charge in [-0.2, -0.15) is 0 Å². The number of rotatable bonds is 3. The molecule has 0 aliphatic heterocycles. The lowest BCUT2D eigenvalue weighted by atomic mass is 10.3. The number of allylic oxidation sites excluding steroid dienone is 1. The second-order valence-electron chi connectivity index (χ2n) is 1.22. The Labute approximate surface area is 51.6 Å². The molecule has 2 unspecified atom stereocenters. The highest BCUT2D eigenvalue weighted by Gasteiger charge is 1.86. The SMILES string of the molecule is [2H]C(C)/C=C/C([2H])C(=O)O. The molecule has 2 nitrogen and oxygen atoms in total. The summed E-state index contributed by atoms with van der Waals surface area (Å²) in [7, 11) is 0. The molecule has 46 valence electrons. The van der Waals surface area contributed by atoms with E-state index in [1.807, 2.05) is 0 Å². The zero-order valence-corrected chi connectivity index (χ0v) is 4.66. The van der Waals surface area contributed by atoms with Crippen LogP contribution in [0.15, 0.2) is 12.2 Å². The first kappa shape index (κ1) is 4.13. The maximum Gasteiger partial charge on any atom is 0.307 e. The lowest BCUT2D eigenvalue weighted by Crippen LogP contribution is -1.89. The quantitative estimate of drug-likeness (QED) is 0.566. The van der Waals surface area contributed by atoms with Crippen LogP contribution < -0.4 is 0 Å². The Balaban J connectivity index is 3.77. The Bertz CT molecular complexity index is 143. The Morgan fingerprint density at radius 3 is 2.88 bits per heavy atom. The lowest BCUT2D eigenvalue weighted by Gasteiger charge is -1.80. The van der Waals surface area contributed by atoms with E-state index in [0.29, 0.717) is 0 Å². The number of carboxylic acids is 1. The molecule has 0 aliphatic rings. The van der Waals surface area contributed by atoms with Gasteiger partial charge in [0.05, 0.1) is 6.40 Å². The van der Waals surface area contributed by atoms with Crippen molar-refractivity contribution < 1.29 is 12.6 Å². The third-order valence-electron chi connectivity index (χ3n) is 0.542. The maximum atomic E-state index is 10.0. The summed E-state index contributed by atoms with van der Waals surface area (Å²) in [6.45, 7) is 1.60. The van der Waals surface area contributed by atoms with Gasteiger partial charge in [0.1, 0.15) is 0 Å². The third-order valence-corrected chi connectivity index (χ3v) is 0.542. The van der Waals surface area contributed by atoms with Crippen LogP contribution in [0.2, 0.25) is 0 Å². The van der Waals surface area contributed by atoms with Crippen LogP contribution in [-0.2, 0) is 4.79 Å². The highest BCUT2D eigenvalue weighted by molar-refractivity contribution is 5.68. The fraction of sp³-hybridized carbons (Fsp3) is 0.500. The number of hydrogen-bond donors (Lipinski definition) is 1. The van der Waals surface area contributed by atoms with E-state index in [4.69, 9.17) is 7.85 Å². The van der Waals surface area contributed by atoms with E-state index in [-0.39, 0.29) is 0 Å². The van der Waals surface area contributed by atoms with E-state index in [9.17, 15) is 4.79 Å². The van der Waals surface area contributed by atoms with Gasteiger partial charge in [0, 0.05) is 2.74 Å². The average molecular weight is 116 g/mol. The monoisotopic (exact) mass is 116 g/mol. The van der Waals surface area contributed by atoms with Crippen molar-refractivity contribution in [1.29, 1.82) is 0 Å². The topological polar surface area (TPSA) is 37.3 Å². The minimum Gasteiger partial charge on any atom is -0.481 e. The number of carboxylic acid groups (broad SMARTS) is 1. The first-order chi connectivity index (χ1) is 4.54. The van der Waals surface area contributed by atoms with Gasteiger partial charge < -0.3 is 5.11 Å². The normalized spacial score (nSPS) is 21.6. The molecule has 0 aliphatic carbocycles. The minimum absolute atomic E-state index is 0.438. The molecule has 0 aromatic heterocycles. The molecule has 0 rings (SSSR count). The molecule has 0 aromatic rings. The summed E-state index contributed by atoms with van der Waals surface area (Å²) in [6, 6.07) is 0. The summed E-state index contributed by atoms with van der Waals surface area (Å²) in [4.78, 5) is 10.0. The van der Waals surface area contributed by atoms with Crippen molar-refractivity contribution in [2.75, 3.05) is 0 Å². The van der Waals surface area contributed by atoms with Crippen LogP contribution in [0.1, 0.15) is 22.5 Å². The first-order valence-electron chi connectivity index (χ1n) is 3.45. The van der Waals surface area contributed by atoms with Crippen molar-refractivity contribution in [3.63, 3.8) is 0 Å². The van der Waals surface area contributed by atoms with Gasteiger partial charge >= 0.3 is 5.97 Å². The predicted octanol–water partition coefficient (Wildman–Crippen LogP) is 1.43. The van der Waals surface area contributed by atoms with Gasteiger partial charge in [0.25, 0.3) is 0 Å². The van der Waals surface area contributed by atoms with Crippen LogP contribution in [0.25, 0.3) is 0 Å². The second-order valence-corrected chi connectivity index (χ2v) is 1.22. The van der Waals surface area contributed by atoms with E-state index >= 15 is 0 Å².